The number of nitrogens with two attached hydrogens (primary N) is 1. The van der Waals surface area contributed by atoms with E-state index < -0.39 is 0 Å². The number of hydrogen-bond acceptors (Lipinski definition) is 4. The van der Waals surface area contributed by atoms with E-state index in [0.29, 0.717) is 12.5 Å². The van der Waals surface area contributed by atoms with Crippen molar-refractivity contribution >= 4 is 5.91 Å². The minimum atomic E-state index is -0.00674. The Morgan fingerprint density at radius 1 is 1.47 bits per heavy atom. The Labute approximate surface area is 115 Å². The molecule has 5 nitrogen and oxygen atoms in total. The Bertz CT molecular complexity index is 314. The van der Waals surface area contributed by atoms with E-state index in [1.54, 1.807) is 0 Å². The summed E-state index contributed by atoms with van der Waals surface area (Å²) in [5.74, 6) is 0.540. The molecule has 0 aliphatic carbocycles. The van der Waals surface area contributed by atoms with Gasteiger partial charge in [0.05, 0.1) is 13.2 Å². The lowest BCUT2D eigenvalue weighted by Gasteiger charge is -2.42. The Morgan fingerprint density at radius 2 is 2.26 bits per heavy atom. The highest BCUT2D eigenvalue weighted by atomic mass is 16.5. The summed E-state index contributed by atoms with van der Waals surface area (Å²) in [5.41, 5.74) is 6.07. The highest BCUT2D eigenvalue weighted by molar-refractivity contribution is 5.77. The minimum Gasteiger partial charge on any atom is -0.381 e. The van der Waals surface area contributed by atoms with Crippen LogP contribution < -0.4 is 5.73 Å². The average molecular weight is 270 g/mol. The SMILES string of the molecule is CC1(C)CN(C(=O)COCC2CCOC2)CCC1N. The second-order valence-electron chi connectivity index (χ2n) is 6.44. The van der Waals surface area contributed by atoms with E-state index in [-0.39, 0.29) is 24.0 Å². The molecule has 1 amide bonds. The summed E-state index contributed by atoms with van der Waals surface area (Å²) in [4.78, 5) is 14.0. The molecule has 2 fully saturated rings. The molecule has 0 saturated carbocycles. The van der Waals surface area contributed by atoms with E-state index in [0.717, 1.165) is 39.1 Å². The highest BCUT2D eigenvalue weighted by Crippen LogP contribution is 2.27. The van der Waals surface area contributed by atoms with E-state index in [2.05, 4.69) is 13.8 Å². The van der Waals surface area contributed by atoms with Crippen molar-refractivity contribution in [3.05, 3.63) is 0 Å². The summed E-state index contributed by atoms with van der Waals surface area (Å²) in [5, 5.41) is 0. The minimum absolute atomic E-state index is 0.00674. The van der Waals surface area contributed by atoms with E-state index in [9.17, 15) is 4.79 Å². The zero-order chi connectivity index (χ0) is 13.9. The number of carbonyl (C=O) groups excluding carboxylic acids is 1. The topological polar surface area (TPSA) is 64.8 Å². The Morgan fingerprint density at radius 3 is 2.89 bits per heavy atom. The molecule has 2 unspecified atom stereocenters. The van der Waals surface area contributed by atoms with Crippen LogP contribution in [0, 0.1) is 11.3 Å². The molecular formula is C14H26N2O3. The molecule has 2 N–H and O–H groups in total. The van der Waals surface area contributed by atoms with Crippen LogP contribution >= 0.6 is 0 Å². The number of amides is 1. The quantitative estimate of drug-likeness (QED) is 0.813. The Hall–Kier alpha value is -0.650. The fraction of sp³-hybridized carbons (Fsp3) is 0.929. The summed E-state index contributed by atoms with van der Waals surface area (Å²) in [7, 11) is 0. The normalized spacial score (nSPS) is 30.6. The third-order valence-electron chi connectivity index (χ3n) is 4.27. The fourth-order valence-corrected chi connectivity index (χ4v) is 2.71. The molecule has 2 saturated heterocycles. The maximum atomic E-state index is 12.1. The second-order valence-corrected chi connectivity index (χ2v) is 6.44. The van der Waals surface area contributed by atoms with Crippen molar-refractivity contribution in [1.29, 1.82) is 0 Å². The molecule has 2 aliphatic rings. The number of rotatable bonds is 4. The predicted molar refractivity (Wildman–Crippen MR) is 72.7 cm³/mol. The first-order valence-electron chi connectivity index (χ1n) is 7.18. The molecule has 19 heavy (non-hydrogen) atoms. The van der Waals surface area contributed by atoms with Crippen molar-refractivity contribution in [1.82, 2.24) is 4.90 Å². The summed E-state index contributed by atoms with van der Waals surface area (Å²) in [6.45, 7) is 8.11. The van der Waals surface area contributed by atoms with Gasteiger partial charge in [-0.15, -0.1) is 0 Å². The van der Waals surface area contributed by atoms with Crippen LogP contribution in [0.1, 0.15) is 26.7 Å². The largest absolute Gasteiger partial charge is 0.381 e. The smallest absolute Gasteiger partial charge is 0.248 e. The van der Waals surface area contributed by atoms with Gasteiger partial charge in [0.2, 0.25) is 5.91 Å². The molecule has 0 radical (unpaired) electrons. The number of likely N-dealkylation sites (tertiary alicyclic amines) is 1. The molecule has 2 atom stereocenters. The van der Waals surface area contributed by atoms with Crippen LogP contribution in [-0.4, -0.2) is 56.4 Å². The van der Waals surface area contributed by atoms with E-state index >= 15 is 0 Å². The van der Waals surface area contributed by atoms with Crippen LogP contribution in [-0.2, 0) is 14.3 Å². The molecule has 0 bridgehead atoms. The predicted octanol–water partition coefficient (Wildman–Crippen LogP) is 0.625. The van der Waals surface area contributed by atoms with Gasteiger partial charge < -0.3 is 20.1 Å². The first-order chi connectivity index (χ1) is 8.99. The highest BCUT2D eigenvalue weighted by Gasteiger charge is 2.35. The van der Waals surface area contributed by atoms with Crippen LogP contribution in [0.25, 0.3) is 0 Å². The van der Waals surface area contributed by atoms with Gasteiger partial charge in [0.1, 0.15) is 6.61 Å². The second kappa shape index (κ2) is 6.20. The number of hydrogen-bond donors (Lipinski definition) is 1. The van der Waals surface area contributed by atoms with Crippen LogP contribution in [0.15, 0.2) is 0 Å². The lowest BCUT2D eigenvalue weighted by atomic mass is 9.80. The molecule has 0 aromatic carbocycles. The van der Waals surface area contributed by atoms with Gasteiger partial charge in [0.25, 0.3) is 0 Å². The van der Waals surface area contributed by atoms with Crippen molar-refractivity contribution in [3.8, 4) is 0 Å². The van der Waals surface area contributed by atoms with Crippen molar-refractivity contribution in [3.63, 3.8) is 0 Å². The molecule has 0 spiro atoms. The average Bonchev–Trinajstić information content (AvgIpc) is 2.85. The Kier molecular flexibility index (Phi) is 4.81. The molecule has 0 aromatic heterocycles. The fourth-order valence-electron chi connectivity index (χ4n) is 2.71. The van der Waals surface area contributed by atoms with Gasteiger partial charge in [-0.3, -0.25) is 4.79 Å². The third-order valence-corrected chi connectivity index (χ3v) is 4.27. The standard InChI is InChI=1S/C14H26N2O3/c1-14(2)10-16(5-3-12(14)15)13(17)9-19-8-11-4-6-18-7-11/h11-12H,3-10,15H2,1-2H3. The molecule has 2 aliphatic heterocycles. The van der Waals surface area contributed by atoms with Gasteiger partial charge in [0.15, 0.2) is 0 Å². The number of nitrogens with zero attached hydrogens (tertiary/aromatic N) is 1. The summed E-state index contributed by atoms with van der Waals surface area (Å²) in [6.07, 6.45) is 1.91. The van der Waals surface area contributed by atoms with E-state index in [1.807, 2.05) is 4.90 Å². The monoisotopic (exact) mass is 270 g/mol. The van der Waals surface area contributed by atoms with Crippen LogP contribution in [0.4, 0.5) is 0 Å². The number of carbonyl (C=O) groups is 1. The van der Waals surface area contributed by atoms with Crippen molar-refractivity contribution in [2.45, 2.75) is 32.7 Å². The zero-order valence-corrected chi connectivity index (χ0v) is 12.1. The third kappa shape index (κ3) is 3.91. The summed E-state index contributed by atoms with van der Waals surface area (Å²) < 4.78 is 10.8. The summed E-state index contributed by atoms with van der Waals surface area (Å²) in [6, 6.07) is 0.174. The maximum Gasteiger partial charge on any atom is 0.248 e. The van der Waals surface area contributed by atoms with Gasteiger partial charge in [-0.2, -0.15) is 0 Å². The molecule has 2 rings (SSSR count). The first-order valence-corrected chi connectivity index (χ1v) is 7.18. The maximum absolute atomic E-state index is 12.1. The van der Waals surface area contributed by atoms with Crippen LogP contribution in [0.3, 0.4) is 0 Å². The summed E-state index contributed by atoms with van der Waals surface area (Å²) >= 11 is 0. The van der Waals surface area contributed by atoms with Gasteiger partial charge in [-0.1, -0.05) is 13.8 Å². The lowest BCUT2D eigenvalue weighted by molar-refractivity contribution is -0.140. The van der Waals surface area contributed by atoms with E-state index in [4.69, 9.17) is 15.2 Å². The van der Waals surface area contributed by atoms with Gasteiger partial charge in [-0.05, 0) is 18.3 Å². The van der Waals surface area contributed by atoms with Gasteiger partial charge in [-0.25, -0.2) is 0 Å². The van der Waals surface area contributed by atoms with Crippen molar-refractivity contribution in [2.75, 3.05) is 39.5 Å². The Balaban J connectivity index is 1.71. The van der Waals surface area contributed by atoms with Crippen molar-refractivity contribution < 1.29 is 14.3 Å². The van der Waals surface area contributed by atoms with Crippen LogP contribution in [0.5, 0.6) is 0 Å². The van der Waals surface area contributed by atoms with Crippen molar-refractivity contribution in [2.24, 2.45) is 17.1 Å². The molecular weight excluding hydrogens is 244 g/mol. The molecule has 5 heteroatoms. The number of piperidine rings is 1. The molecule has 2 heterocycles. The molecule has 110 valence electrons. The van der Waals surface area contributed by atoms with Gasteiger partial charge >= 0.3 is 0 Å². The number of ether oxygens (including phenoxy) is 2. The zero-order valence-electron chi connectivity index (χ0n) is 12.1. The molecule has 0 aromatic rings. The van der Waals surface area contributed by atoms with E-state index in [1.165, 1.54) is 0 Å². The first kappa shape index (κ1) is 14.8. The van der Waals surface area contributed by atoms with Gasteiger partial charge in [0, 0.05) is 31.7 Å². The lowest BCUT2D eigenvalue weighted by Crippen LogP contribution is -2.54. The van der Waals surface area contributed by atoms with Crippen LogP contribution in [0.2, 0.25) is 0 Å².